The molecule has 2 atom stereocenters. The van der Waals surface area contributed by atoms with E-state index in [1.807, 2.05) is 30.3 Å². The number of halogens is 3. The molecule has 11 heteroatoms. The first-order valence-electron chi connectivity index (χ1n) is 14.6. The molecule has 3 heterocycles. The Labute approximate surface area is 267 Å². The zero-order valence-electron chi connectivity index (χ0n) is 24.8. The van der Waals surface area contributed by atoms with E-state index < -0.39 is 29.0 Å². The number of aliphatic hydroxyl groups is 1. The Balaban J connectivity index is 0.000000427. The maximum absolute atomic E-state index is 15.7. The Hall–Kier alpha value is -2.92. The van der Waals surface area contributed by atoms with Gasteiger partial charge in [-0.05, 0) is 87.5 Å². The topological polar surface area (TPSA) is 115 Å². The molecule has 1 saturated carbocycles. The van der Waals surface area contributed by atoms with Crippen LogP contribution in [0.2, 0.25) is 10.0 Å². The molecule has 8 nitrogen and oxygen atoms in total. The van der Waals surface area contributed by atoms with Gasteiger partial charge in [-0.1, -0.05) is 41.4 Å². The minimum absolute atomic E-state index is 0.0779. The van der Waals surface area contributed by atoms with E-state index in [9.17, 15) is 14.7 Å². The van der Waals surface area contributed by atoms with Crippen LogP contribution in [-0.4, -0.2) is 54.1 Å². The maximum Gasteiger partial charge on any atom is 0.257 e. The number of aromatic nitrogens is 1. The van der Waals surface area contributed by atoms with Gasteiger partial charge in [-0.3, -0.25) is 9.78 Å². The van der Waals surface area contributed by atoms with Crippen LogP contribution in [0.4, 0.5) is 4.39 Å². The minimum Gasteiger partial charge on any atom is -0.385 e. The standard InChI is InChI=1S/C26H28ClFN2O5.C6H5Cl.CH5N/c1-25(33,16-4-8-34-9-5-16)17-10-20-22(21(28)11-17)24(35-15-26(14-31)6-7-26)30(23(20)32)13-19-3-2-18(27)12-29-19;7-6-4-2-1-3-5-6;1-2/h2-3,10-12,14,16,24,33H,4-9,13,15H2,1H3;1-5H;2H2,1H3. The molecule has 0 bridgehead atoms. The molecule has 1 aliphatic carbocycles. The highest BCUT2D eigenvalue weighted by molar-refractivity contribution is 6.30. The van der Waals surface area contributed by atoms with Gasteiger partial charge in [-0.2, -0.15) is 0 Å². The summed E-state index contributed by atoms with van der Waals surface area (Å²) >= 11 is 11.5. The Bertz CT molecular complexity index is 1410. The van der Waals surface area contributed by atoms with E-state index >= 15 is 4.39 Å². The molecule has 2 aromatic carbocycles. The first-order chi connectivity index (χ1) is 21.1. The normalized spacial score (nSPS) is 19.9. The summed E-state index contributed by atoms with van der Waals surface area (Å²) in [5, 5.41) is 12.6. The second-order valence-electron chi connectivity index (χ2n) is 11.3. The Kier molecular flexibility index (Phi) is 11.5. The first-order valence-corrected chi connectivity index (χ1v) is 15.3. The van der Waals surface area contributed by atoms with Gasteiger partial charge < -0.3 is 30.0 Å². The number of hydrogen-bond donors (Lipinski definition) is 2. The number of aldehydes is 1. The third-order valence-corrected chi connectivity index (χ3v) is 8.75. The number of nitrogens with two attached hydrogens (primary N) is 1. The number of amides is 1. The van der Waals surface area contributed by atoms with Gasteiger partial charge in [0.25, 0.3) is 5.91 Å². The van der Waals surface area contributed by atoms with Crippen molar-refractivity contribution in [3.8, 4) is 0 Å². The van der Waals surface area contributed by atoms with E-state index in [1.165, 1.54) is 24.2 Å². The van der Waals surface area contributed by atoms with Gasteiger partial charge >= 0.3 is 0 Å². The van der Waals surface area contributed by atoms with Crippen LogP contribution in [0, 0.1) is 17.2 Å². The fraction of sp³-hybridized carbons (Fsp3) is 0.424. The molecule has 3 N–H and O–H groups in total. The van der Waals surface area contributed by atoms with Crippen LogP contribution in [0.3, 0.4) is 0 Å². The van der Waals surface area contributed by atoms with Crippen LogP contribution in [0.25, 0.3) is 0 Å². The monoisotopic (exact) mass is 645 g/mol. The smallest absolute Gasteiger partial charge is 0.257 e. The van der Waals surface area contributed by atoms with Gasteiger partial charge in [-0.25, -0.2) is 4.39 Å². The quantitative estimate of drug-likeness (QED) is 0.286. The number of nitrogens with zero attached hydrogens (tertiary/aromatic N) is 2. The third-order valence-electron chi connectivity index (χ3n) is 8.28. The van der Waals surface area contributed by atoms with Gasteiger partial charge in [0.15, 0.2) is 6.23 Å². The fourth-order valence-corrected chi connectivity index (χ4v) is 5.63. The molecular formula is C33H38Cl2FN3O5. The largest absolute Gasteiger partial charge is 0.385 e. The van der Waals surface area contributed by atoms with E-state index in [2.05, 4.69) is 10.7 Å². The summed E-state index contributed by atoms with van der Waals surface area (Å²) in [6, 6.07) is 15.7. The minimum atomic E-state index is -1.32. The van der Waals surface area contributed by atoms with Crippen molar-refractivity contribution in [1.29, 1.82) is 0 Å². The number of ether oxygens (including phenoxy) is 2. The third kappa shape index (κ3) is 7.83. The molecule has 6 rings (SSSR count). The van der Waals surface area contributed by atoms with Crippen LogP contribution < -0.4 is 5.73 Å². The van der Waals surface area contributed by atoms with Gasteiger partial charge in [0.1, 0.15) is 12.1 Å². The van der Waals surface area contributed by atoms with Crippen molar-refractivity contribution < 1.29 is 28.6 Å². The SMILES string of the molecule is CC(O)(c1cc(F)c2c(c1)C(=O)N(Cc1ccc(Cl)cn1)C2OCC1(C=O)CC1)C1CCOCC1.CN.Clc1ccccc1. The molecule has 2 fully saturated rings. The van der Waals surface area contributed by atoms with Gasteiger partial charge in [-0.15, -0.1) is 0 Å². The first kappa shape index (κ1) is 34.0. The maximum atomic E-state index is 15.7. The summed E-state index contributed by atoms with van der Waals surface area (Å²) in [6.07, 6.45) is 4.06. The van der Waals surface area contributed by atoms with E-state index in [0.29, 0.717) is 55.2 Å². The molecule has 1 saturated heterocycles. The summed E-state index contributed by atoms with van der Waals surface area (Å²) in [5.74, 6) is -1.15. The lowest BCUT2D eigenvalue weighted by molar-refractivity contribution is -0.118. The molecule has 236 valence electrons. The van der Waals surface area contributed by atoms with E-state index in [0.717, 1.165) is 11.3 Å². The summed E-state index contributed by atoms with van der Waals surface area (Å²) in [7, 11) is 1.50. The van der Waals surface area contributed by atoms with Crippen molar-refractivity contribution >= 4 is 35.4 Å². The molecule has 1 aromatic heterocycles. The Morgan fingerprint density at radius 1 is 1.14 bits per heavy atom. The summed E-state index contributed by atoms with van der Waals surface area (Å²) < 4.78 is 27.1. The highest BCUT2D eigenvalue weighted by atomic mass is 35.5. The Morgan fingerprint density at radius 2 is 1.82 bits per heavy atom. The molecule has 3 aliphatic rings. The fourth-order valence-electron chi connectivity index (χ4n) is 5.37. The lowest BCUT2D eigenvalue weighted by Gasteiger charge is -2.36. The van der Waals surface area contributed by atoms with Gasteiger partial charge in [0, 0.05) is 35.4 Å². The zero-order valence-corrected chi connectivity index (χ0v) is 26.4. The number of benzene rings is 2. The summed E-state index contributed by atoms with van der Waals surface area (Å²) in [5.41, 5.74) is 3.80. The lowest BCUT2D eigenvalue weighted by Crippen LogP contribution is -2.36. The number of rotatable bonds is 8. The van der Waals surface area contributed by atoms with E-state index in [4.69, 9.17) is 32.7 Å². The Morgan fingerprint density at radius 3 is 2.36 bits per heavy atom. The van der Waals surface area contributed by atoms with E-state index in [1.54, 1.807) is 25.1 Å². The molecule has 0 spiro atoms. The predicted molar refractivity (Wildman–Crippen MR) is 167 cm³/mol. The summed E-state index contributed by atoms with van der Waals surface area (Å²) in [4.78, 5) is 30.7. The lowest BCUT2D eigenvalue weighted by atomic mass is 9.78. The van der Waals surface area contributed by atoms with Crippen LogP contribution in [0.5, 0.6) is 0 Å². The number of hydrogen-bond acceptors (Lipinski definition) is 7. The van der Waals surface area contributed by atoms with Crippen molar-refractivity contribution in [2.75, 3.05) is 26.9 Å². The second kappa shape index (κ2) is 14.9. The van der Waals surface area contributed by atoms with Crippen LogP contribution in [-0.2, 0) is 26.4 Å². The molecule has 3 aromatic rings. The average molecular weight is 647 g/mol. The van der Waals surface area contributed by atoms with Crippen LogP contribution in [0.15, 0.2) is 60.8 Å². The number of pyridine rings is 1. The predicted octanol–water partition coefficient (Wildman–Crippen LogP) is 6.07. The number of carbonyl (C=O) groups is 2. The molecule has 44 heavy (non-hydrogen) atoms. The average Bonchev–Trinajstić information content (AvgIpc) is 3.78. The van der Waals surface area contributed by atoms with E-state index in [-0.39, 0.29) is 30.2 Å². The van der Waals surface area contributed by atoms with Gasteiger partial charge in [0.2, 0.25) is 0 Å². The van der Waals surface area contributed by atoms with Crippen molar-refractivity contribution in [1.82, 2.24) is 9.88 Å². The molecule has 1 amide bonds. The molecule has 2 unspecified atom stereocenters. The molecule has 0 radical (unpaired) electrons. The van der Waals surface area contributed by atoms with Crippen LogP contribution >= 0.6 is 23.2 Å². The zero-order chi connectivity index (χ0) is 31.9. The van der Waals surface area contributed by atoms with Crippen molar-refractivity contribution in [2.24, 2.45) is 17.1 Å². The van der Waals surface area contributed by atoms with Crippen molar-refractivity contribution in [2.45, 2.75) is 51.0 Å². The molecular weight excluding hydrogens is 608 g/mol. The highest BCUT2D eigenvalue weighted by Crippen LogP contribution is 2.47. The van der Waals surface area contributed by atoms with Crippen molar-refractivity contribution in [3.63, 3.8) is 0 Å². The van der Waals surface area contributed by atoms with Gasteiger partial charge in [0.05, 0.1) is 35.0 Å². The second-order valence-corrected chi connectivity index (χ2v) is 12.2. The van der Waals surface area contributed by atoms with Crippen LogP contribution in [0.1, 0.15) is 66.0 Å². The highest BCUT2D eigenvalue weighted by Gasteiger charge is 2.47. The van der Waals surface area contributed by atoms with Crippen molar-refractivity contribution in [3.05, 3.63) is 99.0 Å². The number of carbonyl (C=O) groups excluding carboxylic acids is 2. The molecule has 2 aliphatic heterocycles. The number of fused-ring (bicyclic) bond motifs is 1. The summed E-state index contributed by atoms with van der Waals surface area (Å²) in [6.45, 7) is 2.90.